The molecule has 0 fully saturated rings. The first-order chi connectivity index (χ1) is 8.15. The molecule has 1 N–H and O–H groups in total. The lowest BCUT2D eigenvalue weighted by atomic mass is 10.2. The van der Waals surface area contributed by atoms with Gasteiger partial charge in [-0.3, -0.25) is 0 Å². The van der Waals surface area contributed by atoms with E-state index in [1.807, 2.05) is 12.1 Å². The maximum atomic E-state index is 5.91. The van der Waals surface area contributed by atoms with Crippen molar-refractivity contribution in [2.24, 2.45) is 0 Å². The predicted molar refractivity (Wildman–Crippen MR) is 70.8 cm³/mol. The summed E-state index contributed by atoms with van der Waals surface area (Å²) < 4.78 is 10.3. The molecule has 0 spiro atoms. The molecule has 5 heteroatoms. The first kappa shape index (κ1) is 14.7. The third kappa shape index (κ3) is 5.70. The van der Waals surface area contributed by atoms with Crippen molar-refractivity contribution in [1.29, 1.82) is 0 Å². The summed E-state index contributed by atoms with van der Waals surface area (Å²) in [5, 5.41) is 4.56. The molecule has 1 rings (SSSR count). The van der Waals surface area contributed by atoms with E-state index in [1.54, 1.807) is 20.3 Å². The molecule has 3 nitrogen and oxygen atoms in total. The molecule has 1 unspecified atom stereocenters. The maximum absolute atomic E-state index is 5.91. The van der Waals surface area contributed by atoms with Gasteiger partial charge in [-0.2, -0.15) is 0 Å². The van der Waals surface area contributed by atoms with Crippen LogP contribution in [0.2, 0.25) is 10.0 Å². The topological polar surface area (TPSA) is 30.5 Å². The van der Waals surface area contributed by atoms with Crippen LogP contribution in [-0.2, 0) is 16.0 Å². The third-order valence-electron chi connectivity index (χ3n) is 2.31. The number of hydrogen-bond donors (Lipinski definition) is 1. The molecule has 0 aromatic heterocycles. The summed E-state index contributed by atoms with van der Waals surface area (Å²) in [5.74, 6) is 0. The highest BCUT2D eigenvalue weighted by Crippen LogP contribution is 2.18. The van der Waals surface area contributed by atoms with Crippen molar-refractivity contribution in [1.82, 2.24) is 5.32 Å². The van der Waals surface area contributed by atoms with Gasteiger partial charge in [0.15, 0.2) is 0 Å². The van der Waals surface area contributed by atoms with E-state index in [9.17, 15) is 0 Å². The molecule has 1 aromatic rings. The summed E-state index contributed by atoms with van der Waals surface area (Å²) in [4.78, 5) is 0. The smallest absolute Gasteiger partial charge is 0.0928 e. The Morgan fingerprint density at radius 3 is 2.35 bits per heavy atom. The van der Waals surface area contributed by atoms with Crippen LogP contribution in [0.5, 0.6) is 0 Å². The van der Waals surface area contributed by atoms with E-state index in [-0.39, 0.29) is 6.10 Å². The average molecular weight is 278 g/mol. The number of halogens is 2. The molecule has 0 saturated carbocycles. The van der Waals surface area contributed by atoms with E-state index in [2.05, 4.69) is 5.32 Å². The van der Waals surface area contributed by atoms with Gasteiger partial charge in [-0.05, 0) is 23.8 Å². The zero-order chi connectivity index (χ0) is 12.7. The second-order valence-corrected chi connectivity index (χ2v) is 4.59. The van der Waals surface area contributed by atoms with Gasteiger partial charge in [0.25, 0.3) is 0 Å². The van der Waals surface area contributed by atoms with Gasteiger partial charge in [-0.15, -0.1) is 0 Å². The normalized spacial score (nSPS) is 12.7. The molecule has 0 aliphatic carbocycles. The van der Waals surface area contributed by atoms with E-state index in [4.69, 9.17) is 32.7 Å². The van der Waals surface area contributed by atoms with E-state index in [1.165, 1.54) is 0 Å². The lowest BCUT2D eigenvalue weighted by Gasteiger charge is -2.15. The molecule has 0 radical (unpaired) electrons. The summed E-state index contributed by atoms with van der Waals surface area (Å²) in [6.07, 6.45) is 0.0506. The van der Waals surface area contributed by atoms with Crippen LogP contribution in [0, 0.1) is 0 Å². The highest BCUT2D eigenvalue weighted by atomic mass is 35.5. The fraction of sp³-hybridized carbons (Fsp3) is 0.500. The van der Waals surface area contributed by atoms with Crippen molar-refractivity contribution < 1.29 is 9.47 Å². The van der Waals surface area contributed by atoms with E-state index < -0.39 is 0 Å². The van der Waals surface area contributed by atoms with Gasteiger partial charge in [0.1, 0.15) is 0 Å². The Morgan fingerprint density at radius 1 is 1.18 bits per heavy atom. The fourth-order valence-corrected chi connectivity index (χ4v) is 2.06. The van der Waals surface area contributed by atoms with Crippen LogP contribution >= 0.6 is 23.2 Å². The zero-order valence-electron chi connectivity index (χ0n) is 10.0. The van der Waals surface area contributed by atoms with Gasteiger partial charge in [-0.25, -0.2) is 0 Å². The Morgan fingerprint density at radius 2 is 1.82 bits per heavy atom. The quantitative estimate of drug-likeness (QED) is 0.832. The predicted octanol–water partition coefficient (Wildman–Crippen LogP) is 2.74. The first-order valence-electron chi connectivity index (χ1n) is 5.33. The second kappa shape index (κ2) is 7.90. The first-order valence-corrected chi connectivity index (χ1v) is 6.08. The van der Waals surface area contributed by atoms with Crippen LogP contribution in [0.1, 0.15) is 5.56 Å². The summed E-state index contributed by atoms with van der Waals surface area (Å²) >= 11 is 11.8. The highest BCUT2D eigenvalue weighted by Gasteiger charge is 2.06. The Hall–Kier alpha value is -0.320. The summed E-state index contributed by atoms with van der Waals surface area (Å²) in [5.41, 5.74) is 1.05. The Labute approximate surface area is 112 Å². The van der Waals surface area contributed by atoms with Crippen LogP contribution in [0.3, 0.4) is 0 Å². The van der Waals surface area contributed by atoms with Crippen molar-refractivity contribution in [3.05, 3.63) is 33.8 Å². The number of ether oxygens (including phenoxy) is 2. The summed E-state index contributed by atoms with van der Waals surface area (Å²) in [6, 6.07) is 5.49. The zero-order valence-corrected chi connectivity index (χ0v) is 11.5. The molecule has 96 valence electrons. The van der Waals surface area contributed by atoms with Gasteiger partial charge in [0.05, 0.1) is 12.7 Å². The molecule has 0 heterocycles. The minimum atomic E-state index is 0.0506. The molecule has 0 bridgehead atoms. The van der Waals surface area contributed by atoms with E-state index in [0.717, 1.165) is 5.56 Å². The van der Waals surface area contributed by atoms with Crippen molar-refractivity contribution in [3.8, 4) is 0 Å². The maximum Gasteiger partial charge on any atom is 0.0928 e. The average Bonchev–Trinajstić information content (AvgIpc) is 2.26. The van der Waals surface area contributed by atoms with Gasteiger partial charge in [0, 0.05) is 37.4 Å². The lowest BCUT2D eigenvalue weighted by Crippen LogP contribution is -2.31. The Balaban J connectivity index is 2.39. The molecule has 0 saturated heterocycles. The van der Waals surface area contributed by atoms with Gasteiger partial charge in [0.2, 0.25) is 0 Å². The number of hydrogen-bond acceptors (Lipinski definition) is 3. The van der Waals surface area contributed by atoms with Gasteiger partial charge in [-0.1, -0.05) is 23.2 Å². The highest BCUT2D eigenvalue weighted by molar-refractivity contribution is 6.34. The van der Waals surface area contributed by atoms with Crippen LogP contribution in [0.4, 0.5) is 0 Å². The SMILES string of the molecule is COCC(CNCc1cc(Cl)cc(Cl)c1)OC. The fourth-order valence-electron chi connectivity index (χ4n) is 1.49. The number of methoxy groups -OCH3 is 2. The summed E-state index contributed by atoms with van der Waals surface area (Å²) in [6.45, 7) is 1.98. The number of benzene rings is 1. The van der Waals surface area contributed by atoms with Crippen molar-refractivity contribution >= 4 is 23.2 Å². The van der Waals surface area contributed by atoms with Crippen LogP contribution in [0.25, 0.3) is 0 Å². The third-order valence-corrected chi connectivity index (χ3v) is 2.75. The van der Waals surface area contributed by atoms with Gasteiger partial charge < -0.3 is 14.8 Å². The molecular weight excluding hydrogens is 261 g/mol. The van der Waals surface area contributed by atoms with Gasteiger partial charge >= 0.3 is 0 Å². The molecule has 0 aliphatic heterocycles. The van der Waals surface area contributed by atoms with Crippen molar-refractivity contribution in [3.63, 3.8) is 0 Å². The standard InChI is InChI=1S/C12H17Cl2NO2/c1-16-8-12(17-2)7-15-6-9-3-10(13)5-11(14)4-9/h3-5,12,15H,6-8H2,1-2H3. The molecule has 1 aromatic carbocycles. The number of nitrogens with one attached hydrogen (secondary N) is 1. The molecule has 0 amide bonds. The minimum Gasteiger partial charge on any atom is -0.382 e. The monoisotopic (exact) mass is 277 g/mol. The van der Waals surface area contributed by atoms with Crippen molar-refractivity contribution in [2.75, 3.05) is 27.4 Å². The van der Waals surface area contributed by atoms with Crippen molar-refractivity contribution in [2.45, 2.75) is 12.6 Å². The molecule has 17 heavy (non-hydrogen) atoms. The second-order valence-electron chi connectivity index (χ2n) is 3.72. The lowest BCUT2D eigenvalue weighted by molar-refractivity contribution is 0.0288. The number of rotatable bonds is 7. The molecular formula is C12H17Cl2NO2. The van der Waals surface area contributed by atoms with Crippen LogP contribution < -0.4 is 5.32 Å². The Bertz CT molecular complexity index is 327. The van der Waals surface area contributed by atoms with E-state index >= 15 is 0 Å². The minimum absolute atomic E-state index is 0.0506. The molecule has 1 atom stereocenters. The van der Waals surface area contributed by atoms with Crippen LogP contribution in [-0.4, -0.2) is 33.5 Å². The summed E-state index contributed by atoms with van der Waals surface area (Å²) in [7, 11) is 3.32. The van der Waals surface area contributed by atoms with Crippen LogP contribution in [0.15, 0.2) is 18.2 Å². The largest absolute Gasteiger partial charge is 0.382 e. The van der Waals surface area contributed by atoms with E-state index in [0.29, 0.717) is 29.7 Å². The molecule has 0 aliphatic rings. The Kier molecular flexibility index (Phi) is 6.85.